The third kappa shape index (κ3) is 3.92. The van der Waals surface area contributed by atoms with Gasteiger partial charge >= 0.3 is 5.51 Å². The summed E-state index contributed by atoms with van der Waals surface area (Å²) in [6.45, 7) is 0. The molecule has 0 spiro atoms. The highest BCUT2D eigenvalue weighted by molar-refractivity contribution is 7.92. The predicted molar refractivity (Wildman–Crippen MR) is 108 cm³/mol. The van der Waals surface area contributed by atoms with E-state index in [1.807, 2.05) is 0 Å². The lowest BCUT2D eigenvalue weighted by molar-refractivity contribution is -0.0435. The van der Waals surface area contributed by atoms with Gasteiger partial charge in [-0.15, -0.1) is 9.24 Å². The van der Waals surface area contributed by atoms with Gasteiger partial charge in [0.05, 0.1) is 9.92 Å². The van der Waals surface area contributed by atoms with Crippen LogP contribution in [0.3, 0.4) is 0 Å². The zero-order valence-corrected chi connectivity index (χ0v) is 17.2. The number of anilines is 4. The van der Waals surface area contributed by atoms with Crippen LogP contribution in [0.5, 0.6) is 0 Å². The van der Waals surface area contributed by atoms with E-state index in [0.29, 0.717) is 6.07 Å². The number of alkyl halides is 3. The summed E-state index contributed by atoms with van der Waals surface area (Å²) >= 11 is 5.60. The van der Waals surface area contributed by atoms with Gasteiger partial charge in [-0.3, -0.25) is 9.59 Å². The summed E-state index contributed by atoms with van der Waals surface area (Å²) < 4.78 is 75.2. The summed E-state index contributed by atoms with van der Waals surface area (Å²) in [5, 5.41) is 4.56. The molecule has 3 rings (SSSR count). The molecule has 13 heteroatoms. The van der Waals surface area contributed by atoms with Crippen LogP contribution >= 0.6 is 20.8 Å². The molecular weight excluding hydrogens is 471 g/mol. The van der Waals surface area contributed by atoms with Gasteiger partial charge in [0.25, 0.3) is 20.7 Å². The fraction of sp³-hybridized carbons (Fsp3) is 0.0588. The average Bonchev–Trinajstić information content (AvgIpc) is 2.67. The van der Waals surface area contributed by atoms with Crippen molar-refractivity contribution in [2.45, 2.75) is 10.4 Å². The summed E-state index contributed by atoms with van der Waals surface area (Å²) in [7, 11) is -3.60. The molecule has 0 aliphatic rings. The molecule has 0 aromatic heterocycles. The van der Waals surface area contributed by atoms with E-state index in [1.54, 1.807) is 0 Å². The van der Waals surface area contributed by atoms with E-state index in [9.17, 15) is 35.6 Å². The van der Waals surface area contributed by atoms with Crippen LogP contribution in [-0.4, -0.2) is 13.9 Å². The molecule has 1 unspecified atom stereocenters. The number of nitrogens with one attached hydrogen (secondary N) is 2. The van der Waals surface area contributed by atoms with Crippen molar-refractivity contribution < 1.29 is 26.0 Å². The third-order valence-electron chi connectivity index (χ3n) is 3.97. The molecular formula is C17H10ClF4N2O4PS. The van der Waals surface area contributed by atoms with E-state index < -0.39 is 41.9 Å². The maximum absolute atomic E-state index is 13.4. The molecule has 3 aromatic carbocycles. The van der Waals surface area contributed by atoms with Gasteiger partial charge in [0, 0.05) is 16.7 Å². The highest BCUT2D eigenvalue weighted by Gasteiger charge is 2.48. The Morgan fingerprint density at radius 2 is 1.40 bits per heavy atom. The zero-order valence-electron chi connectivity index (χ0n) is 14.5. The van der Waals surface area contributed by atoms with Crippen molar-refractivity contribution in [3.63, 3.8) is 0 Å². The molecule has 0 saturated heterocycles. The monoisotopic (exact) mass is 480 g/mol. The molecule has 0 aliphatic carbocycles. The molecule has 6 nitrogen and oxygen atoms in total. The minimum Gasteiger partial charge on any atom is -0.350 e. The summed E-state index contributed by atoms with van der Waals surface area (Å²) in [6.07, 6.45) is 0. The van der Waals surface area contributed by atoms with E-state index in [-0.39, 0.29) is 28.1 Å². The van der Waals surface area contributed by atoms with Crippen molar-refractivity contribution in [1.82, 2.24) is 0 Å². The number of benzene rings is 2. The topological polar surface area (TPSA) is 92.3 Å². The van der Waals surface area contributed by atoms with Gasteiger partial charge in [-0.2, -0.15) is 13.2 Å². The highest BCUT2D eigenvalue weighted by Crippen LogP contribution is 2.36. The van der Waals surface area contributed by atoms with Gasteiger partial charge in [0.1, 0.15) is 17.2 Å². The van der Waals surface area contributed by atoms with Crippen LogP contribution in [0, 0.1) is 5.82 Å². The van der Waals surface area contributed by atoms with Gasteiger partial charge < -0.3 is 10.6 Å². The molecule has 30 heavy (non-hydrogen) atoms. The molecule has 0 saturated carbocycles. The van der Waals surface area contributed by atoms with E-state index >= 15 is 0 Å². The van der Waals surface area contributed by atoms with Gasteiger partial charge in [0.15, 0.2) is 0 Å². The average molecular weight is 481 g/mol. The van der Waals surface area contributed by atoms with Crippen LogP contribution in [0.2, 0.25) is 5.02 Å². The first-order valence-electron chi connectivity index (χ1n) is 7.86. The molecule has 2 N–H and O–H groups in total. The normalized spacial score (nSPS) is 12.2. The molecule has 0 aliphatic heterocycles. The van der Waals surface area contributed by atoms with Gasteiger partial charge in [-0.1, -0.05) is 11.6 Å². The van der Waals surface area contributed by atoms with Crippen molar-refractivity contribution >= 4 is 58.7 Å². The SMILES string of the molecule is O=c1c(Nc2ccc(F)c(P)c2)c(Nc2ccc(Cl)c(S(=O)(=O)C(F)(F)F)c2)c1=O. The maximum Gasteiger partial charge on any atom is 0.501 e. The Balaban J connectivity index is 1.96. The van der Waals surface area contributed by atoms with E-state index in [2.05, 4.69) is 19.9 Å². The van der Waals surface area contributed by atoms with Gasteiger partial charge in [-0.25, -0.2) is 12.8 Å². The second kappa shape index (κ2) is 7.64. The quantitative estimate of drug-likeness (QED) is 0.330. The smallest absolute Gasteiger partial charge is 0.350 e. The molecule has 0 heterocycles. The Bertz CT molecular complexity index is 1330. The Morgan fingerprint density at radius 3 is 1.90 bits per heavy atom. The van der Waals surface area contributed by atoms with Crippen molar-refractivity contribution in [3.05, 3.63) is 67.7 Å². The lowest BCUT2D eigenvalue weighted by Gasteiger charge is -2.16. The van der Waals surface area contributed by atoms with Crippen LogP contribution < -0.4 is 26.8 Å². The zero-order chi connectivity index (χ0) is 22.4. The number of hydrogen-bond donors (Lipinski definition) is 2. The summed E-state index contributed by atoms with van der Waals surface area (Å²) in [6, 6.07) is 6.41. The first kappa shape index (κ1) is 22.2. The van der Waals surface area contributed by atoms with Crippen LogP contribution in [0.25, 0.3) is 0 Å². The standard InChI is InChI=1S/C17H10ClF4N2O4PS/c18-9-3-1-8(6-12(9)30(27,28)17(20,21)22)24-14-13(15(25)16(14)26)23-7-2-4-10(19)11(29)5-7/h1-6,23-24H,29H2. The van der Waals surface area contributed by atoms with Crippen molar-refractivity contribution in [2.75, 3.05) is 10.6 Å². The van der Waals surface area contributed by atoms with Crippen LogP contribution in [-0.2, 0) is 9.84 Å². The lowest BCUT2D eigenvalue weighted by Crippen LogP contribution is -2.36. The minimum absolute atomic E-state index is 0.188. The molecule has 0 bridgehead atoms. The third-order valence-corrected chi connectivity index (χ3v) is 6.38. The first-order valence-corrected chi connectivity index (χ1v) is 10.3. The lowest BCUT2D eigenvalue weighted by atomic mass is 10.1. The Labute approximate surface area is 173 Å². The largest absolute Gasteiger partial charge is 0.501 e. The van der Waals surface area contributed by atoms with Gasteiger partial charge in [0.2, 0.25) is 0 Å². The van der Waals surface area contributed by atoms with E-state index in [4.69, 9.17) is 11.6 Å². The van der Waals surface area contributed by atoms with E-state index in [0.717, 1.165) is 18.2 Å². The van der Waals surface area contributed by atoms with Gasteiger partial charge in [-0.05, 0) is 36.4 Å². The number of hydrogen-bond acceptors (Lipinski definition) is 6. The Morgan fingerprint density at radius 1 is 0.900 bits per heavy atom. The molecule has 158 valence electrons. The van der Waals surface area contributed by atoms with Crippen molar-refractivity contribution in [3.8, 4) is 0 Å². The molecule has 0 amide bonds. The molecule has 1 atom stereocenters. The first-order chi connectivity index (χ1) is 13.8. The number of rotatable bonds is 5. The summed E-state index contributed by atoms with van der Waals surface area (Å²) in [5.74, 6) is -0.520. The summed E-state index contributed by atoms with van der Waals surface area (Å²) in [4.78, 5) is 22.6. The van der Waals surface area contributed by atoms with Crippen LogP contribution in [0.1, 0.15) is 0 Å². The van der Waals surface area contributed by atoms with Crippen LogP contribution in [0.4, 0.5) is 40.3 Å². The number of sulfone groups is 1. The Hall–Kier alpha value is -2.49. The maximum atomic E-state index is 13.4. The number of halogens is 5. The fourth-order valence-corrected chi connectivity index (χ4v) is 4.01. The molecule has 0 fully saturated rings. The molecule has 3 aromatic rings. The fourth-order valence-electron chi connectivity index (χ4n) is 2.45. The van der Waals surface area contributed by atoms with E-state index in [1.165, 1.54) is 12.1 Å². The Kier molecular flexibility index (Phi) is 5.66. The summed E-state index contributed by atoms with van der Waals surface area (Å²) in [5.41, 5.74) is -7.93. The minimum atomic E-state index is -5.74. The highest BCUT2D eigenvalue weighted by atomic mass is 35.5. The van der Waals surface area contributed by atoms with Crippen molar-refractivity contribution in [2.24, 2.45) is 0 Å². The predicted octanol–water partition coefficient (Wildman–Crippen LogP) is 3.36. The molecule has 0 radical (unpaired) electrons. The second-order valence-electron chi connectivity index (χ2n) is 5.99. The van der Waals surface area contributed by atoms with Crippen molar-refractivity contribution in [1.29, 1.82) is 0 Å². The second-order valence-corrected chi connectivity index (χ2v) is 8.93. The van der Waals surface area contributed by atoms with Crippen LogP contribution in [0.15, 0.2) is 50.9 Å².